The molecule has 4 heteroatoms. The molecule has 0 atom stereocenters. The van der Waals surface area contributed by atoms with Crippen molar-refractivity contribution in [3.8, 4) is 0 Å². The first-order valence-corrected chi connectivity index (χ1v) is 4.25. The van der Waals surface area contributed by atoms with E-state index in [1.807, 2.05) is 0 Å². The molecule has 0 fully saturated rings. The van der Waals surface area contributed by atoms with Gasteiger partial charge >= 0.3 is 0 Å². The zero-order valence-electron chi connectivity index (χ0n) is 5.30. The Hall–Kier alpha value is -0.0900. The molecule has 0 spiro atoms. The fourth-order valence-electron chi connectivity index (χ4n) is 0.420. The van der Waals surface area contributed by atoms with Crippen LogP contribution in [0.3, 0.4) is 0 Å². The van der Waals surface area contributed by atoms with E-state index >= 15 is 0 Å². The summed E-state index contributed by atoms with van der Waals surface area (Å²) in [6.07, 6.45) is 1.78. The van der Waals surface area contributed by atoms with Crippen molar-refractivity contribution in [2.45, 2.75) is 12.8 Å². The number of rotatable bonds is 5. The molecule has 0 rings (SSSR count). The van der Waals surface area contributed by atoms with Gasteiger partial charge in [-0.1, -0.05) is 13.3 Å². The van der Waals surface area contributed by atoms with E-state index in [0.29, 0.717) is 0 Å². The van der Waals surface area contributed by atoms with Crippen LogP contribution >= 0.6 is 0 Å². The molecular weight excluding hydrogens is 138 g/mol. The van der Waals surface area contributed by atoms with Gasteiger partial charge in [0.1, 0.15) is 0 Å². The monoisotopic (exact) mass is 150 g/mol. The van der Waals surface area contributed by atoms with Gasteiger partial charge in [-0.15, -0.1) is 0 Å². The second-order valence-corrected chi connectivity index (χ2v) is 2.68. The largest absolute Gasteiger partial charge is 0.304 e. The van der Waals surface area contributed by atoms with Crippen LogP contribution < -0.4 is 5.32 Å². The summed E-state index contributed by atoms with van der Waals surface area (Å²) in [7, 11) is -2.25. The normalized spacial score (nSPS) is 10.4. The molecule has 1 N–H and O–H groups in total. The second-order valence-electron chi connectivity index (χ2n) is 1.70. The third-order valence-electron chi connectivity index (χ3n) is 0.844. The average Bonchev–Trinajstić information content (AvgIpc) is 1.80. The van der Waals surface area contributed by atoms with E-state index in [-0.39, 0.29) is 5.88 Å². The average molecular weight is 150 g/mol. The quantitative estimate of drug-likeness (QED) is 0.420. The zero-order valence-corrected chi connectivity index (χ0v) is 6.19. The molecule has 9 heavy (non-hydrogen) atoms. The highest BCUT2D eigenvalue weighted by atomic mass is 32.2. The van der Waals surface area contributed by atoms with Crippen LogP contribution in [0.25, 0.3) is 0 Å². The van der Waals surface area contributed by atoms with Crippen LogP contribution in [0.4, 0.5) is 0 Å². The van der Waals surface area contributed by atoms with Gasteiger partial charge in [0.25, 0.3) is 0 Å². The van der Waals surface area contributed by atoms with Gasteiger partial charge in [-0.2, -0.15) is 0 Å². The van der Waals surface area contributed by atoms with Crippen molar-refractivity contribution >= 4 is 10.7 Å². The maximum Gasteiger partial charge on any atom is 0.153 e. The molecule has 0 bridgehead atoms. The molecule has 0 unspecified atom stereocenters. The van der Waals surface area contributed by atoms with Crippen molar-refractivity contribution < 1.29 is 8.42 Å². The van der Waals surface area contributed by atoms with Crippen LogP contribution in [0.15, 0.2) is 0 Å². The van der Waals surface area contributed by atoms with Gasteiger partial charge in [0.2, 0.25) is 0 Å². The highest BCUT2D eigenvalue weighted by Gasteiger charge is 1.84. The minimum absolute atomic E-state index is 0.0926. The van der Waals surface area contributed by atoms with Gasteiger partial charge < -0.3 is 5.32 Å². The van der Waals surface area contributed by atoms with E-state index in [0.717, 1.165) is 19.4 Å². The third-order valence-corrected chi connectivity index (χ3v) is 1.33. The molecule has 3 nitrogen and oxygen atoms in total. The third kappa shape index (κ3) is 7.91. The van der Waals surface area contributed by atoms with Crippen molar-refractivity contribution in [2.24, 2.45) is 0 Å². The molecule has 0 aliphatic carbocycles. The zero-order chi connectivity index (χ0) is 7.11. The molecule has 0 saturated heterocycles. The van der Waals surface area contributed by atoms with Crippen molar-refractivity contribution in [1.82, 2.24) is 5.32 Å². The highest BCUT2D eigenvalue weighted by Crippen LogP contribution is 1.80. The van der Waals surface area contributed by atoms with E-state index in [2.05, 4.69) is 12.2 Å². The SMILES string of the molecule is [CH2]CCCNC[SH](=O)=O. The molecular formula is C5H12NO2S. The predicted molar refractivity (Wildman–Crippen MR) is 37.8 cm³/mol. The molecule has 0 aromatic rings. The lowest BCUT2D eigenvalue weighted by molar-refractivity contribution is 0.603. The summed E-state index contributed by atoms with van der Waals surface area (Å²) in [6.45, 7) is 4.35. The maximum absolute atomic E-state index is 9.92. The fourth-order valence-corrected chi connectivity index (χ4v) is 0.761. The Labute approximate surface area is 57.4 Å². The van der Waals surface area contributed by atoms with Crippen molar-refractivity contribution in [1.29, 1.82) is 0 Å². The summed E-state index contributed by atoms with van der Waals surface area (Å²) in [4.78, 5) is 0. The molecule has 0 heterocycles. The molecule has 0 aliphatic heterocycles. The number of hydrogen-bond acceptors (Lipinski definition) is 3. The fraction of sp³-hybridized carbons (Fsp3) is 0.800. The van der Waals surface area contributed by atoms with E-state index in [1.165, 1.54) is 0 Å². The predicted octanol–water partition coefficient (Wildman–Crippen LogP) is -0.241. The van der Waals surface area contributed by atoms with Crippen LogP contribution in [0.2, 0.25) is 0 Å². The van der Waals surface area contributed by atoms with Crippen LogP contribution in [0.5, 0.6) is 0 Å². The van der Waals surface area contributed by atoms with E-state index in [9.17, 15) is 8.42 Å². The Balaban J connectivity index is 2.92. The summed E-state index contributed by atoms with van der Waals surface area (Å²) in [5.41, 5.74) is 0. The first kappa shape index (κ1) is 8.91. The van der Waals surface area contributed by atoms with Crippen LogP contribution in [0.1, 0.15) is 12.8 Å². The summed E-state index contributed by atoms with van der Waals surface area (Å²) in [6, 6.07) is 0. The minimum Gasteiger partial charge on any atom is -0.304 e. The molecule has 0 saturated carbocycles. The maximum atomic E-state index is 9.92. The lowest BCUT2D eigenvalue weighted by Crippen LogP contribution is -2.17. The minimum atomic E-state index is -2.25. The van der Waals surface area contributed by atoms with Crippen molar-refractivity contribution in [3.05, 3.63) is 6.92 Å². The standard InChI is InChI=1S/C5H12NO2S/c1-2-3-4-6-5-9(7)8/h6,9H,1-5H2. The van der Waals surface area contributed by atoms with Gasteiger partial charge in [0, 0.05) is 0 Å². The number of thiol groups is 1. The smallest absolute Gasteiger partial charge is 0.153 e. The Morgan fingerprint density at radius 1 is 1.44 bits per heavy atom. The Bertz CT molecular complexity index is 114. The van der Waals surface area contributed by atoms with Crippen LogP contribution in [-0.2, 0) is 10.7 Å². The van der Waals surface area contributed by atoms with Crippen molar-refractivity contribution in [3.63, 3.8) is 0 Å². The molecule has 0 aliphatic rings. The Morgan fingerprint density at radius 3 is 2.56 bits per heavy atom. The first-order valence-electron chi connectivity index (χ1n) is 2.89. The Kier molecular flexibility index (Phi) is 5.98. The number of unbranched alkanes of at least 4 members (excludes halogenated alkanes) is 1. The molecule has 55 valence electrons. The van der Waals surface area contributed by atoms with Gasteiger partial charge in [-0.25, -0.2) is 8.42 Å². The van der Waals surface area contributed by atoms with Crippen LogP contribution in [-0.4, -0.2) is 20.8 Å². The topological polar surface area (TPSA) is 46.2 Å². The number of nitrogens with one attached hydrogen (secondary N) is 1. The highest BCUT2D eigenvalue weighted by molar-refractivity contribution is 7.72. The van der Waals surface area contributed by atoms with E-state index < -0.39 is 10.7 Å². The van der Waals surface area contributed by atoms with Crippen molar-refractivity contribution in [2.75, 3.05) is 12.4 Å². The van der Waals surface area contributed by atoms with Gasteiger partial charge in [-0.3, -0.25) is 0 Å². The summed E-state index contributed by atoms with van der Waals surface area (Å²) >= 11 is 0. The van der Waals surface area contributed by atoms with Gasteiger partial charge in [0.05, 0.1) is 5.88 Å². The molecule has 0 aromatic heterocycles. The Morgan fingerprint density at radius 2 is 2.11 bits per heavy atom. The van der Waals surface area contributed by atoms with E-state index in [4.69, 9.17) is 0 Å². The van der Waals surface area contributed by atoms with Gasteiger partial charge in [-0.05, 0) is 13.0 Å². The lowest BCUT2D eigenvalue weighted by atomic mass is 10.3. The lowest BCUT2D eigenvalue weighted by Gasteiger charge is -1.94. The first-order chi connectivity index (χ1) is 4.27. The van der Waals surface area contributed by atoms with Gasteiger partial charge in [0.15, 0.2) is 10.7 Å². The summed E-state index contributed by atoms with van der Waals surface area (Å²) < 4.78 is 19.8. The van der Waals surface area contributed by atoms with E-state index in [1.54, 1.807) is 0 Å². The molecule has 1 radical (unpaired) electrons. The second kappa shape index (κ2) is 6.04. The molecule has 0 aromatic carbocycles. The molecule has 0 amide bonds. The van der Waals surface area contributed by atoms with Crippen LogP contribution in [0, 0.1) is 6.92 Å². The summed E-state index contributed by atoms with van der Waals surface area (Å²) in [5.74, 6) is 0.0926. The number of hydrogen-bond donors (Lipinski definition) is 2. The summed E-state index contributed by atoms with van der Waals surface area (Å²) in [5, 5.41) is 2.75.